The minimum atomic E-state index is -0.232. The number of amidine groups is 1. The van der Waals surface area contributed by atoms with Crippen LogP contribution in [-0.4, -0.2) is 23.3 Å². The molecular weight excluding hydrogens is 246 g/mol. The zero-order chi connectivity index (χ0) is 13.4. The number of urea groups is 1. The smallest absolute Gasteiger partial charge is 0.310 e. The van der Waals surface area contributed by atoms with Crippen LogP contribution in [0.2, 0.25) is 0 Å². The highest BCUT2D eigenvalue weighted by atomic mass is 32.1. The van der Waals surface area contributed by atoms with Gasteiger partial charge in [0.1, 0.15) is 11.9 Å². The number of aryl methyl sites for hydroxylation is 2. The first-order valence-corrected chi connectivity index (χ1v) is 6.94. The van der Waals surface area contributed by atoms with E-state index in [9.17, 15) is 4.79 Å². The highest BCUT2D eigenvalue weighted by molar-refractivity contribution is 7.12. The second kappa shape index (κ2) is 4.72. The maximum Gasteiger partial charge on any atom is 0.323 e. The second-order valence-electron chi connectivity index (χ2n) is 5.16. The Morgan fingerprint density at radius 3 is 2.67 bits per heavy atom. The van der Waals surface area contributed by atoms with Gasteiger partial charge in [-0.2, -0.15) is 0 Å². The third kappa shape index (κ3) is 2.27. The van der Waals surface area contributed by atoms with Gasteiger partial charge in [-0.15, -0.1) is 11.3 Å². The monoisotopic (exact) mass is 265 g/mol. The molecule has 1 aliphatic heterocycles. The van der Waals surface area contributed by atoms with Crippen LogP contribution in [-0.2, 0) is 0 Å². The van der Waals surface area contributed by atoms with Crippen molar-refractivity contribution in [2.24, 2.45) is 5.92 Å². The first kappa shape index (κ1) is 13.1. The molecule has 1 aromatic rings. The molecule has 0 radical (unpaired) electrons. The number of hydrogen-bond acceptors (Lipinski definition) is 3. The average molecular weight is 265 g/mol. The minimum absolute atomic E-state index is 0.151. The molecule has 2 heterocycles. The van der Waals surface area contributed by atoms with Gasteiger partial charge >= 0.3 is 6.03 Å². The van der Waals surface area contributed by atoms with Gasteiger partial charge in [0.05, 0.1) is 0 Å². The van der Waals surface area contributed by atoms with Crippen LogP contribution < -0.4 is 5.32 Å². The fourth-order valence-electron chi connectivity index (χ4n) is 2.36. The lowest BCUT2D eigenvalue weighted by Crippen LogP contribution is -2.33. The van der Waals surface area contributed by atoms with Crippen molar-refractivity contribution in [3.63, 3.8) is 0 Å². The Bertz CT molecular complexity index is 492. The second-order valence-corrected chi connectivity index (χ2v) is 6.62. The summed E-state index contributed by atoms with van der Waals surface area (Å²) in [6.07, 6.45) is 0. The molecule has 0 spiro atoms. The molecule has 1 fully saturated rings. The van der Waals surface area contributed by atoms with E-state index in [2.05, 4.69) is 39.1 Å². The Hall–Kier alpha value is -1.36. The Balaban J connectivity index is 2.36. The van der Waals surface area contributed by atoms with E-state index >= 15 is 0 Å². The van der Waals surface area contributed by atoms with Gasteiger partial charge in [0.15, 0.2) is 0 Å². The molecule has 0 aliphatic carbocycles. The Kier molecular flexibility index (Phi) is 3.43. The molecule has 1 unspecified atom stereocenters. The molecule has 4 nitrogen and oxygen atoms in total. The maximum absolute atomic E-state index is 11.9. The van der Waals surface area contributed by atoms with Gasteiger partial charge in [0.25, 0.3) is 0 Å². The van der Waals surface area contributed by atoms with E-state index in [0.717, 1.165) is 5.56 Å². The van der Waals surface area contributed by atoms with E-state index in [4.69, 9.17) is 5.41 Å². The average Bonchev–Trinajstić information content (AvgIpc) is 2.68. The summed E-state index contributed by atoms with van der Waals surface area (Å²) in [7, 11) is 0. The molecule has 1 saturated heterocycles. The Morgan fingerprint density at radius 1 is 1.50 bits per heavy atom. The van der Waals surface area contributed by atoms with Crippen LogP contribution in [0.15, 0.2) is 6.07 Å². The van der Waals surface area contributed by atoms with Gasteiger partial charge in [-0.05, 0) is 31.4 Å². The van der Waals surface area contributed by atoms with E-state index in [1.807, 2.05) is 0 Å². The van der Waals surface area contributed by atoms with Crippen molar-refractivity contribution >= 4 is 23.2 Å². The topological polar surface area (TPSA) is 56.2 Å². The largest absolute Gasteiger partial charge is 0.323 e. The summed E-state index contributed by atoms with van der Waals surface area (Å²) in [5, 5.41) is 10.6. The highest BCUT2D eigenvalue weighted by Crippen LogP contribution is 2.33. The number of carbonyl (C=O) groups excluding carboxylic acids is 1. The molecule has 2 rings (SSSR count). The highest BCUT2D eigenvalue weighted by Gasteiger charge is 2.38. The zero-order valence-electron chi connectivity index (χ0n) is 11.2. The van der Waals surface area contributed by atoms with Gasteiger partial charge in [0, 0.05) is 16.3 Å². The van der Waals surface area contributed by atoms with Crippen LogP contribution in [0, 0.1) is 25.2 Å². The number of hydrogen-bond donors (Lipinski definition) is 2. The van der Waals surface area contributed by atoms with Gasteiger partial charge in [0.2, 0.25) is 0 Å². The molecule has 18 heavy (non-hydrogen) atoms. The maximum atomic E-state index is 11.9. The normalized spacial score (nSPS) is 19.8. The molecule has 0 bridgehead atoms. The number of nitrogens with one attached hydrogen (secondary N) is 2. The fourth-order valence-corrected chi connectivity index (χ4v) is 3.31. The molecule has 1 aromatic heterocycles. The predicted molar refractivity (Wildman–Crippen MR) is 74.3 cm³/mol. The van der Waals surface area contributed by atoms with E-state index in [1.54, 1.807) is 16.2 Å². The summed E-state index contributed by atoms with van der Waals surface area (Å²) in [5.74, 6) is 0.686. The van der Waals surface area contributed by atoms with Crippen LogP contribution in [0.1, 0.15) is 35.2 Å². The van der Waals surface area contributed by atoms with Crippen molar-refractivity contribution in [1.29, 1.82) is 5.41 Å². The van der Waals surface area contributed by atoms with Crippen LogP contribution >= 0.6 is 11.3 Å². The third-order valence-corrected chi connectivity index (χ3v) is 4.01. The lowest BCUT2D eigenvalue weighted by Gasteiger charge is -2.24. The molecule has 1 atom stereocenters. The number of amides is 2. The summed E-state index contributed by atoms with van der Waals surface area (Å²) in [6, 6.07) is 1.71. The van der Waals surface area contributed by atoms with Crippen LogP contribution in [0.5, 0.6) is 0 Å². The van der Waals surface area contributed by atoms with Crippen LogP contribution in [0.3, 0.4) is 0 Å². The summed E-state index contributed by atoms with van der Waals surface area (Å²) in [5.41, 5.74) is 1.08. The SMILES string of the molecule is Cc1cc(C2C(=N)NC(=O)N2CC(C)C)c(C)s1. The lowest BCUT2D eigenvalue weighted by molar-refractivity contribution is 0.198. The lowest BCUT2D eigenvalue weighted by atomic mass is 10.1. The van der Waals surface area contributed by atoms with Gasteiger partial charge < -0.3 is 4.90 Å². The van der Waals surface area contributed by atoms with E-state index < -0.39 is 0 Å². The van der Waals surface area contributed by atoms with Crippen molar-refractivity contribution in [2.75, 3.05) is 6.54 Å². The molecule has 0 saturated carbocycles. The molecular formula is C13H19N3OS. The van der Waals surface area contributed by atoms with E-state index in [-0.39, 0.29) is 12.1 Å². The van der Waals surface area contributed by atoms with Gasteiger partial charge in [-0.1, -0.05) is 13.8 Å². The third-order valence-electron chi connectivity index (χ3n) is 3.02. The number of rotatable bonds is 3. The summed E-state index contributed by atoms with van der Waals surface area (Å²) in [4.78, 5) is 16.1. The molecule has 0 aromatic carbocycles. The van der Waals surface area contributed by atoms with Crippen molar-refractivity contribution in [3.8, 4) is 0 Å². The summed E-state index contributed by atoms with van der Waals surface area (Å²) in [6.45, 7) is 8.95. The first-order valence-electron chi connectivity index (χ1n) is 6.13. The fraction of sp³-hybridized carbons (Fsp3) is 0.538. The van der Waals surface area contributed by atoms with Crippen LogP contribution in [0.4, 0.5) is 4.79 Å². The molecule has 5 heteroatoms. The van der Waals surface area contributed by atoms with E-state index in [1.165, 1.54) is 9.75 Å². The van der Waals surface area contributed by atoms with Crippen molar-refractivity contribution in [3.05, 3.63) is 21.4 Å². The zero-order valence-corrected chi connectivity index (χ0v) is 12.0. The van der Waals surface area contributed by atoms with E-state index in [0.29, 0.717) is 18.3 Å². The Labute approximate surface area is 112 Å². The van der Waals surface area contributed by atoms with Crippen molar-refractivity contribution in [2.45, 2.75) is 33.7 Å². The number of nitrogens with zero attached hydrogens (tertiary/aromatic N) is 1. The summed E-state index contributed by atoms with van der Waals surface area (Å²) < 4.78 is 0. The molecule has 98 valence electrons. The van der Waals surface area contributed by atoms with Crippen LogP contribution in [0.25, 0.3) is 0 Å². The standard InChI is InChI=1S/C13H19N3OS/c1-7(2)6-16-11(12(14)15-13(16)17)10-5-8(3)18-9(10)4/h5,7,11H,6H2,1-4H3,(H2,14,15,17). The summed E-state index contributed by atoms with van der Waals surface area (Å²) >= 11 is 1.72. The first-order chi connectivity index (χ1) is 8.40. The quantitative estimate of drug-likeness (QED) is 0.867. The van der Waals surface area contributed by atoms with Crippen molar-refractivity contribution < 1.29 is 4.79 Å². The van der Waals surface area contributed by atoms with Gasteiger partial charge in [-0.25, -0.2) is 4.79 Å². The molecule has 2 N–H and O–H groups in total. The minimum Gasteiger partial charge on any atom is -0.310 e. The predicted octanol–water partition coefficient (Wildman–Crippen LogP) is 3.06. The van der Waals surface area contributed by atoms with Gasteiger partial charge in [-0.3, -0.25) is 10.7 Å². The van der Waals surface area contributed by atoms with Crippen molar-refractivity contribution in [1.82, 2.24) is 10.2 Å². The Morgan fingerprint density at radius 2 is 2.17 bits per heavy atom. The number of thiophene rings is 1. The number of carbonyl (C=O) groups is 1. The molecule has 2 amide bonds. The molecule has 1 aliphatic rings.